The summed E-state index contributed by atoms with van der Waals surface area (Å²) in [5, 5.41) is 3.90. The van der Waals surface area contributed by atoms with E-state index in [4.69, 9.17) is 16.0 Å². The Morgan fingerprint density at radius 1 is 1.19 bits per heavy atom. The van der Waals surface area contributed by atoms with Crippen molar-refractivity contribution in [3.63, 3.8) is 0 Å². The van der Waals surface area contributed by atoms with Gasteiger partial charge in [0.25, 0.3) is 5.56 Å². The molecule has 0 bridgehead atoms. The van der Waals surface area contributed by atoms with Crippen LogP contribution >= 0.6 is 23.4 Å². The van der Waals surface area contributed by atoms with Crippen LogP contribution in [0.15, 0.2) is 75.2 Å². The summed E-state index contributed by atoms with van der Waals surface area (Å²) in [6.07, 6.45) is 1.54. The van der Waals surface area contributed by atoms with Gasteiger partial charge >= 0.3 is 0 Å². The van der Waals surface area contributed by atoms with Gasteiger partial charge in [0.1, 0.15) is 11.6 Å². The zero-order chi connectivity index (χ0) is 21.8. The first kappa shape index (κ1) is 21.1. The molecule has 2 heterocycles. The third-order valence-corrected chi connectivity index (χ3v) is 5.87. The molecule has 158 valence electrons. The lowest BCUT2D eigenvalue weighted by Crippen LogP contribution is -2.27. The van der Waals surface area contributed by atoms with Gasteiger partial charge in [-0.1, -0.05) is 41.6 Å². The third kappa shape index (κ3) is 4.98. The zero-order valence-electron chi connectivity index (χ0n) is 16.2. The Morgan fingerprint density at radius 3 is 2.81 bits per heavy atom. The average Bonchev–Trinajstić information content (AvgIpc) is 3.27. The van der Waals surface area contributed by atoms with Gasteiger partial charge in [0.15, 0.2) is 5.16 Å². The number of carbonyl (C=O) groups is 1. The van der Waals surface area contributed by atoms with Crippen LogP contribution in [0.4, 0.5) is 4.39 Å². The number of amides is 1. The molecule has 0 aliphatic carbocycles. The molecule has 2 aromatic carbocycles. The predicted octanol–water partition coefficient (Wildman–Crippen LogP) is 4.24. The van der Waals surface area contributed by atoms with Crippen LogP contribution in [0, 0.1) is 5.82 Å². The molecule has 0 saturated carbocycles. The highest BCUT2D eigenvalue weighted by Crippen LogP contribution is 2.20. The number of rotatable bonds is 7. The van der Waals surface area contributed by atoms with Crippen LogP contribution in [0.3, 0.4) is 0 Å². The molecule has 0 atom stereocenters. The minimum absolute atomic E-state index is 0.0434. The normalized spacial score (nSPS) is 11.0. The second-order valence-electron chi connectivity index (χ2n) is 6.68. The number of halogens is 2. The van der Waals surface area contributed by atoms with Crippen LogP contribution in [-0.2, 0) is 17.9 Å². The molecule has 0 saturated heterocycles. The average molecular weight is 458 g/mol. The molecule has 2 aromatic heterocycles. The standard InChI is InChI=1S/C22H17ClFN3O3S/c23-18-10-15(24)8-7-14(18)11-25-20(28)13-31-22-26-19-6-2-1-5-17(19)21(29)27(22)12-16-4-3-9-30-16/h1-10H,11-13H2,(H,25,28). The largest absolute Gasteiger partial charge is 0.467 e. The molecular formula is C22H17ClFN3O3S. The summed E-state index contributed by atoms with van der Waals surface area (Å²) >= 11 is 7.15. The van der Waals surface area contributed by atoms with E-state index in [0.29, 0.717) is 27.4 Å². The van der Waals surface area contributed by atoms with Crippen molar-refractivity contribution in [2.45, 2.75) is 18.2 Å². The summed E-state index contributed by atoms with van der Waals surface area (Å²) in [6, 6.07) is 14.6. The van der Waals surface area contributed by atoms with Crippen LogP contribution in [0.1, 0.15) is 11.3 Å². The van der Waals surface area contributed by atoms with Crippen molar-refractivity contribution < 1.29 is 13.6 Å². The molecule has 0 aliphatic heterocycles. The number of thioether (sulfide) groups is 1. The topological polar surface area (TPSA) is 77.1 Å². The van der Waals surface area contributed by atoms with Gasteiger partial charge in [-0.05, 0) is 42.0 Å². The first-order valence-electron chi connectivity index (χ1n) is 9.36. The second-order valence-corrected chi connectivity index (χ2v) is 8.03. The highest BCUT2D eigenvalue weighted by Gasteiger charge is 2.15. The second kappa shape index (κ2) is 9.36. The summed E-state index contributed by atoms with van der Waals surface area (Å²) in [6.45, 7) is 0.377. The molecule has 0 aliphatic rings. The molecule has 1 N–H and O–H groups in total. The molecule has 0 fully saturated rings. The van der Waals surface area contributed by atoms with Crippen molar-refractivity contribution in [1.29, 1.82) is 0 Å². The Labute approximate surface area is 186 Å². The van der Waals surface area contributed by atoms with Gasteiger partial charge in [0.05, 0.1) is 29.5 Å². The van der Waals surface area contributed by atoms with E-state index in [1.54, 1.807) is 36.4 Å². The summed E-state index contributed by atoms with van der Waals surface area (Å²) < 4.78 is 20.0. The van der Waals surface area contributed by atoms with Crippen LogP contribution in [-0.4, -0.2) is 21.2 Å². The Morgan fingerprint density at radius 2 is 2.03 bits per heavy atom. The number of nitrogens with zero attached hydrogens (tertiary/aromatic N) is 2. The van der Waals surface area contributed by atoms with Crippen molar-refractivity contribution >= 4 is 40.2 Å². The highest BCUT2D eigenvalue weighted by molar-refractivity contribution is 7.99. The third-order valence-electron chi connectivity index (χ3n) is 4.54. The molecular weight excluding hydrogens is 441 g/mol. The first-order valence-corrected chi connectivity index (χ1v) is 10.7. The maximum Gasteiger partial charge on any atom is 0.262 e. The summed E-state index contributed by atoms with van der Waals surface area (Å²) in [4.78, 5) is 30.0. The number of hydrogen-bond acceptors (Lipinski definition) is 5. The number of para-hydroxylation sites is 1. The lowest BCUT2D eigenvalue weighted by atomic mass is 10.2. The predicted molar refractivity (Wildman–Crippen MR) is 118 cm³/mol. The lowest BCUT2D eigenvalue weighted by Gasteiger charge is -2.12. The molecule has 4 rings (SSSR count). The van der Waals surface area contributed by atoms with Crippen molar-refractivity contribution in [1.82, 2.24) is 14.9 Å². The lowest BCUT2D eigenvalue weighted by molar-refractivity contribution is -0.118. The van der Waals surface area contributed by atoms with Crippen LogP contribution < -0.4 is 10.9 Å². The minimum atomic E-state index is -0.437. The van der Waals surface area contributed by atoms with Crippen LogP contribution in [0.2, 0.25) is 5.02 Å². The molecule has 0 radical (unpaired) electrons. The Hall–Kier alpha value is -3.10. The molecule has 31 heavy (non-hydrogen) atoms. The van der Waals surface area contributed by atoms with E-state index in [9.17, 15) is 14.0 Å². The maximum absolute atomic E-state index is 13.2. The fraction of sp³-hybridized carbons (Fsp3) is 0.136. The number of nitrogens with one attached hydrogen (secondary N) is 1. The number of benzene rings is 2. The van der Waals surface area contributed by atoms with E-state index in [2.05, 4.69) is 10.3 Å². The Bertz CT molecular complexity index is 1290. The van der Waals surface area contributed by atoms with Crippen molar-refractivity contribution in [2.75, 3.05) is 5.75 Å². The summed E-state index contributed by atoms with van der Waals surface area (Å²) in [5.41, 5.74) is 0.965. The summed E-state index contributed by atoms with van der Waals surface area (Å²) in [5.74, 6) is -0.0526. The van der Waals surface area contributed by atoms with Crippen LogP contribution in [0.5, 0.6) is 0 Å². The molecule has 9 heteroatoms. The van der Waals surface area contributed by atoms with Crippen LogP contribution in [0.25, 0.3) is 10.9 Å². The van der Waals surface area contributed by atoms with Crippen molar-refractivity contribution in [2.24, 2.45) is 0 Å². The quantitative estimate of drug-likeness (QED) is 0.332. The van der Waals surface area contributed by atoms with Gasteiger partial charge in [-0.25, -0.2) is 9.37 Å². The Kier molecular flexibility index (Phi) is 6.39. The fourth-order valence-electron chi connectivity index (χ4n) is 3.00. The zero-order valence-corrected chi connectivity index (χ0v) is 17.8. The van der Waals surface area contributed by atoms with Gasteiger partial charge in [0, 0.05) is 11.6 Å². The van der Waals surface area contributed by atoms with Gasteiger partial charge < -0.3 is 9.73 Å². The molecule has 0 spiro atoms. The first-order chi connectivity index (χ1) is 15.0. The monoisotopic (exact) mass is 457 g/mol. The van der Waals surface area contributed by atoms with E-state index >= 15 is 0 Å². The Balaban J connectivity index is 1.51. The SMILES string of the molecule is O=C(CSc1nc2ccccc2c(=O)n1Cc1ccco1)NCc1ccc(F)cc1Cl. The molecule has 4 aromatic rings. The van der Waals surface area contributed by atoms with Gasteiger partial charge in [-0.2, -0.15) is 0 Å². The number of fused-ring (bicyclic) bond motifs is 1. The number of carbonyl (C=O) groups excluding carboxylic acids is 1. The summed E-state index contributed by atoms with van der Waals surface area (Å²) in [7, 11) is 0. The van der Waals surface area contributed by atoms with E-state index < -0.39 is 5.82 Å². The van der Waals surface area contributed by atoms with Gasteiger partial charge in [-0.15, -0.1) is 0 Å². The fourth-order valence-corrected chi connectivity index (χ4v) is 4.06. The number of furan rings is 1. The molecule has 6 nitrogen and oxygen atoms in total. The minimum Gasteiger partial charge on any atom is -0.467 e. The van der Waals surface area contributed by atoms with Crippen molar-refractivity contribution in [3.05, 3.63) is 93.4 Å². The van der Waals surface area contributed by atoms with E-state index in [0.717, 1.165) is 11.8 Å². The van der Waals surface area contributed by atoms with Crippen molar-refractivity contribution in [3.8, 4) is 0 Å². The van der Waals surface area contributed by atoms with Gasteiger partial charge in [0.2, 0.25) is 5.91 Å². The molecule has 1 amide bonds. The van der Waals surface area contributed by atoms with E-state index in [1.165, 1.54) is 29.0 Å². The van der Waals surface area contributed by atoms with Gasteiger partial charge in [-0.3, -0.25) is 14.2 Å². The number of aromatic nitrogens is 2. The highest BCUT2D eigenvalue weighted by atomic mass is 35.5. The number of hydrogen-bond donors (Lipinski definition) is 1. The maximum atomic E-state index is 13.2. The van der Waals surface area contributed by atoms with E-state index in [-0.39, 0.29) is 35.3 Å². The molecule has 0 unspecified atom stereocenters. The van der Waals surface area contributed by atoms with E-state index in [1.807, 2.05) is 0 Å². The smallest absolute Gasteiger partial charge is 0.262 e.